The van der Waals surface area contributed by atoms with Gasteiger partial charge in [0.25, 0.3) is 0 Å². The maximum atomic E-state index is 12.0. The molecule has 1 saturated heterocycles. The van der Waals surface area contributed by atoms with Crippen LogP contribution in [0.5, 0.6) is 0 Å². The average molecular weight is 337 g/mol. The smallest absolute Gasteiger partial charge is 0.244 e. The first-order valence-electron chi connectivity index (χ1n) is 8.09. The third-order valence-electron chi connectivity index (χ3n) is 3.59. The number of amides is 1. The van der Waals surface area contributed by atoms with Crippen molar-refractivity contribution < 1.29 is 9.53 Å². The first-order chi connectivity index (χ1) is 10.8. The zero-order valence-corrected chi connectivity index (χ0v) is 15.3. The summed E-state index contributed by atoms with van der Waals surface area (Å²) in [6.07, 6.45) is 5.26. The molecule has 1 N–H and O–H groups in total. The molecule has 2 rings (SSSR count). The predicted octanol–water partition coefficient (Wildman–Crippen LogP) is 2.29. The molecule has 128 valence electrons. The summed E-state index contributed by atoms with van der Waals surface area (Å²) in [7, 11) is 0. The maximum Gasteiger partial charge on any atom is 0.244 e. The summed E-state index contributed by atoms with van der Waals surface area (Å²) in [6.45, 7) is 12.7. The molecule has 6 heteroatoms. The van der Waals surface area contributed by atoms with Gasteiger partial charge >= 0.3 is 0 Å². The minimum atomic E-state index is -0.0588. The van der Waals surface area contributed by atoms with Crippen LogP contribution in [0, 0.1) is 0 Å². The summed E-state index contributed by atoms with van der Waals surface area (Å²) < 4.78 is 5.33. The summed E-state index contributed by atoms with van der Waals surface area (Å²) >= 11 is 1.63. The quantitative estimate of drug-likeness (QED) is 0.838. The fraction of sp³-hybridized carbons (Fsp3) is 0.647. The zero-order chi connectivity index (χ0) is 16.9. The molecule has 1 aliphatic heterocycles. The SMILES string of the molecule is CC(CN1CCOCC1)NC(=O)C=Cc1cnc(C(C)(C)C)s1. The topological polar surface area (TPSA) is 54.5 Å². The summed E-state index contributed by atoms with van der Waals surface area (Å²) in [5.41, 5.74) is 0.0473. The Morgan fingerprint density at radius 1 is 1.48 bits per heavy atom. The number of nitrogens with one attached hydrogen (secondary N) is 1. The number of hydrogen-bond acceptors (Lipinski definition) is 5. The van der Waals surface area contributed by atoms with Crippen molar-refractivity contribution in [1.29, 1.82) is 0 Å². The molecule has 1 aliphatic rings. The molecule has 1 aromatic heterocycles. The molecule has 0 bridgehead atoms. The van der Waals surface area contributed by atoms with Gasteiger partial charge in [-0.2, -0.15) is 0 Å². The first kappa shape index (κ1) is 18.1. The van der Waals surface area contributed by atoms with Gasteiger partial charge in [0, 0.05) is 48.2 Å². The molecule has 0 aromatic carbocycles. The number of rotatable bonds is 5. The van der Waals surface area contributed by atoms with Crippen molar-refractivity contribution in [3.8, 4) is 0 Å². The van der Waals surface area contributed by atoms with Gasteiger partial charge in [-0.15, -0.1) is 11.3 Å². The number of carbonyl (C=O) groups is 1. The van der Waals surface area contributed by atoms with E-state index in [9.17, 15) is 4.79 Å². The van der Waals surface area contributed by atoms with E-state index in [1.54, 1.807) is 17.4 Å². The summed E-state index contributed by atoms with van der Waals surface area (Å²) in [6, 6.07) is 0.122. The van der Waals surface area contributed by atoms with E-state index < -0.39 is 0 Å². The minimum absolute atomic E-state index is 0.0473. The summed E-state index contributed by atoms with van der Waals surface area (Å²) in [4.78, 5) is 19.8. The Morgan fingerprint density at radius 3 is 2.78 bits per heavy atom. The fourth-order valence-corrected chi connectivity index (χ4v) is 3.25. The number of hydrogen-bond donors (Lipinski definition) is 1. The Labute approximate surface area is 142 Å². The van der Waals surface area contributed by atoms with Gasteiger partial charge in [-0.1, -0.05) is 20.8 Å². The van der Waals surface area contributed by atoms with Crippen molar-refractivity contribution in [3.05, 3.63) is 22.2 Å². The fourth-order valence-electron chi connectivity index (χ4n) is 2.38. The van der Waals surface area contributed by atoms with Gasteiger partial charge in [-0.25, -0.2) is 4.98 Å². The highest BCUT2D eigenvalue weighted by atomic mass is 32.1. The van der Waals surface area contributed by atoms with Gasteiger partial charge in [-0.05, 0) is 13.0 Å². The van der Waals surface area contributed by atoms with E-state index in [1.807, 2.05) is 19.2 Å². The first-order valence-corrected chi connectivity index (χ1v) is 8.91. The van der Waals surface area contributed by atoms with Crippen molar-refractivity contribution in [2.75, 3.05) is 32.8 Å². The molecule has 0 aliphatic carbocycles. The van der Waals surface area contributed by atoms with Gasteiger partial charge in [0.15, 0.2) is 0 Å². The van der Waals surface area contributed by atoms with Crippen molar-refractivity contribution >= 4 is 23.3 Å². The Balaban J connectivity index is 1.80. The van der Waals surface area contributed by atoms with Gasteiger partial charge in [0.05, 0.1) is 18.2 Å². The van der Waals surface area contributed by atoms with Crippen molar-refractivity contribution in [1.82, 2.24) is 15.2 Å². The van der Waals surface area contributed by atoms with Crippen molar-refractivity contribution in [2.45, 2.75) is 39.2 Å². The zero-order valence-electron chi connectivity index (χ0n) is 14.5. The second-order valence-electron chi connectivity index (χ2n) is 6.97. The van der Waals surface area contributed by atoms with E-state index >= 15 is 0 Å². The van der Waals surface area contributed by atoms with Gasteiger partial charge in [-0.3, -0.25) is 9.69 Å². The summed E-state index contributed by atoms with van der Waals surface area (Å²) in [5, 5.41) is 4.09. The number of ether oxygens (including phenoxy) is 1. The van der Waals surface area contributed by atoms with Crippen LogP contribution in [0.4, 0.5) is 0 Å². The van der Waals surface area contributed by atoms with Crippen LogP contribution in [0.15, 0.2) is 12.3 Å². The lowest BCUT2D eigenvalue weighted by Crippen LogP contribution is -2.45. The molecule has 1 unspecified atom stereocenters. The maximum absolute atomic E-state index is 12.0. The largest absolute Gasteiger partial charge is 0.379 e. The van der Waals surface area contributed by atoms with Crippen LogP contribution in [0.1, 0.15) is 37.6 Å². The van der Waals surface area contributed by atoms with Crippen LogP contribution in [-0.2, 0) is 14.9 Å². The van der Waals surface area contributed by atoms with Crippen LogP contribution in [0.2, 0.25) is 0 Å². The highest BCUT2D eigenvalue weighted by molar-refractivity contribution is 7.12. The van der Waals surface area contributed by atoms with Gasteiger partial charge in [0.1, 0.15) is 0 Å². The van der Waals surface area contributed by atoms with Crippen molar-refractivity contribution in [2.24, 2.45) is 0 Å². The Bertz CT molecular complexity index is 542. The van der Waals surface area contributed by atoms with Crippen LogP contribution >= 0.6 is 11.3 Å². The molecule has 0 radical (unpaired) electrons. The predicted molar refractivity (Wildman–Crippen MR) is 94.7 cm³/mol. The lowest BCUT2D eigenvalue weighted by Gasteiger charge is -2.29. The lowest BCUT2D eigenvalue weighted by molar-refractivity contribution is -0.117. The van der Waals surface area contributed by atoms with Crippen molar-refractivity contribution in [3.63, 3.8) is 0 Å². The number of nitrogens with zero attached hydrogens (tertiary/aromatic N) is 2. The monoisotopic (exact) mass is 337 g/mol. The molecule has 1 atom stereocenters. The lowest BCUT2D eigenvalue weighted by atomic mass is 9.98. The standard InChI is InChI=1S/C17H27N3O2S/c1-13(12-20-7-9-22-10-8-20)19-15(21)6-5-14-11-18-16(23-14)17(2,3)4/h5-6,11,13H,7-10,12H2,1-4H3,(H,19,21). The van der Waals surface area contributed by atoms with Crippen LogP contribution in [0.25, 0.3) is 6.08 Å². The number of carbonyl (C=O) groups excluding carboxylic acids is 1. The van der Waals surface area contributed by atoms with E-state index in [0.717, 1.165) is 42.7 Å². The van der Waals surface area contributed by atoms with Crippen LogP contribution in [0.3, 0.4) is 0 Å². The highest BCUT2D eigenvalue weighted by Crippen LogP contribution is 2.27. The Morgan fingerprint density at radius 2 is 2.17 bits per heavy atom. The normalized spacial score (nSPS) is 18.3. The Kier molecular flexibility index (Phi) is 6.33. The molecular weight excluding hydrogens is 310 g/mol. The number of thiazole rings is 1. The molecule has 1 fully saturated rings. The van der Waals surface area contributed by atoms with Gasteiger partial charge in [0.2, 0.25) is 5.91 Å². The van der Waals surface area contributed by atoms with E-state index in [1.165, 1.54) is 0 Å². The molecule has 1 amide bonds. The molecule has 0 saturated carbocycles. The number of morpholine rings is 1. The molecule has 5 nitrogen and oxygen atoms in total. The average Bonchev–Trinajstić information content (AvgIpc) is 2.95. The molecule has 2 heterocycles. The summed E-state index contributed by atoms with van der Waals surface area (Å²) in [5.74, 6) is -0.0588. The number of aromatic nitrogens is 1. The molecule has 23 heavy (non-hydrogen) atoms. The van der Waals surface area contributed by atoms with Crippen LogP contribution < -0.4 is 5.32 Å². The van der Waals surface area contributed by atoms with Gasteiger partial charge < -0.3 is 10.1 Å². The second-order valence-corrected chi connectivity index (χ2v) is 8.04. The molecule has 0 spiro atoms. The van der Waals surface area contributed by atoms with E-state index in [2.05, 4.69) is 36.0 Å². The Hall–Kier alpha value is -1.24. The van der Waals surface area contributed by atoms with Crippen LogP contribution in [-0.4, -0.2) is 54.7 Å². The van der Waals surface area contributed by atoms with E-state index in [-0.39, 0.29) is 17.4 Å². The highest BCUT2D eigenvalue weighted by Gasteiger charge is 2.17. The molecular formula is C17H27N3O2S. The molecule has 1 aromatic rings. The minimum Gasteiger partial charge on any atom is -0.379 e. The third-order valence-corrected chi connectivity index (χ3v) is 4.98. The van der Waals surface area contributed by atoms with E-state index in [4.69, 9.17) is 4.74 Å². The van der Waals surface area contributed by atoms with E-state index in [0.29, 0.717) is 0 Å². The second kappa shape index (κ2) is 8.04. The third kappa shape index (κ3) is 6.05.